The van der Waals surface area contributed by atoms with E-state index >= 15 is 0 Å². The number of thiophene rings is 2. The van der Waals surface area contributed by atoms with Crippen LogP contribution in [0.2, 0.25) is 0 Å². The lowest BCUT2D eigenvalue weighted by molar-refractivity contribution is 0.575. The molecule has 0 fully saturated rings. The molecule has 0 aliphatic heterocycles. The van der Waals surface area contributed by atoms with Gasteiger partial charge in [0, 0.05) is 30.6 Å². The quantitative estimate of drug-likeness (QED) is 0.113. The third kappa shape index (κ3) is 6.59. The zero-order valence-electron chi connectivity index (χ0n) is 24.3. The van der Waals surface area contributed by atoms with Gasteiger partial charge in [-0.25, -0.2) is 0 Å². The van der Waals surface area contributed by atoms with E-state index in [0.717, 1.165) is 10.4 Å². The van der Waals surface area contributed by atoms with Gasteiger partial charge in [0.05, 0.1) is 4.88 Å². The number of aryl methyl sites for hydroxylation is 2. The van der Waals surface area contributed by atoms with Crippen molar-refractivity contribution in [3.63, 3.8) is 0 Å². The molecule has 0 radical (unpaired) electrons. The maximum atomic E-state index is 3.40. The number of hydrogen-bond donors (Lipinski definition) is 0. The molecule has 0 nitrogen and oxygen atoms in total. The number of benzene rings is 4. The molecule has 0 amide bonds. The van der Waals surface area contributed by atoms with Gasteiger partial charge in [-0.2, -0.15) is 0 Å². The van der Waals surface area contributed by atoms with E-state index in [9.17, 15) is 0 Å². The van der Waals surface area contributed by atoms with Crippen LogP contribution < -0.4 is 0 Å². The summed E-state index contributed by atoms with van der Waals surface area (Å²) in [5.74, 6) is 6.74. The van der Waals surface area contributed by atoms with E-state index in [1.165, 1.54) is 110 Å². The standard InChI is InChI=1S/C39H38S2/c1-3-4-5-6-7-8-9-10-11-29-16-19-31(20-17-29)39-27-36-34-22-24-37-35(33(34)23-25-38(36)41-39)26-32(40-37)21-18-30-14-12-28(2)13-15-30/h12-17,19-20,22-27H,3-11H2,1-2H3. The molecule has 206 valence electrons. The van der Waals surface area contributed by atoms with E-state index < -0.39 is 0 Å². The highest BCUT2D eigenvalue weighted by Crippen LogP contribution is 2.40. The average molecular weight is 571 g/mol. The van der Waals surface area contributed by atoms with Crippen LogP contribution in [0, 0.1) is 18.8 Å². The SMILES string of the molecule is CCCCCCCCCCc1ccc(-c2cc3c(ccc4c5cc(C#Cc6ccc(C)cc6)sc5ccc34)s2)cc1. The minimum Gasteiger partial charge on any atom is -0.135 e. The van der Waals surface area contributed by atoms with Crippen LogP contribution >= 0.6 is 22.7 Å². The van der Waals surface area contributed by atoms with Gasteiger partial charge in [0.2, 0.25) is 0 Å². The second-order valence-electron chi connectivity index (χ2n) is 11.3. The number of fused-ring (bicyclic) bond motifs is 5. The largest absolute Gasteiger partial charge is 0.135 e. The summed E-state index contributed by atoms with van der Waals surface area (Å²) in [6.45, 7) is 4.40. The fourth-order valence-electron chi connectivity index (χ4n) is 5.72. The van der Waals surface area contributed by atoms with E-state index in [4.69, 9.17) is 0 Å². The molecule has 41 heavy (non-hydrogen) atoms. The summed E-state index contributed by atoms with van der Waals surface area (Å²) in [6.07, 6.45) is 12.2. The molecule has 0 saturated carbocycles. The highest BCUT2D eigenvalue weighted by atomic mass is 32.1. The van der Waals surface area contributed by atoms with E-state index in [1.54, 1.807) is 11.3 Å². The first kappa shape index (κ1) is 27.8. The fourth-order valence-corrected chi connectivity index (χ4v) is 7.73. The predicted octanol–water partition coefficient (Wildman–Crippen LogP) is 12.3. The molecule has 0 unspecified atom stereocenters. The van der Waals surface area contributed by atoms with Crippen LogP contribution in [0.5, 0.6) is 0 Å². The van der Waals surface area contributed by atoms with Gasteiger partial charge >= 0.3 is 0 Å². The summed E-state index contributed by atoms with van der Waals surface area (Å²) >= 11 is 3.69. The van der Waals surface area contributed by atoms with E-state index in [-0.39, 0.29) is 0 Å². The first-order chi connectivity index (χ1) is 20.2. The third-order valence-electron chi connectivity index (χ3n) is 8.13. The van der Waals surface area contributed by atoms with E-state index in [2.05, 4.69) is 111 Å². The van der Waals surface area contributed by atoms with E-state index in [0.29, 0.717) is 0 Å². The summed E-state index contributed by atoms with van der Waals surface area (Å²) in [7, 11) is 0. The van der Waals surface area contributed by atoms with Crippen LogP contribution in [0.4, 0.5) is 0 Å². The molecule has 2 heterocycles. The molecule has 6 rings (SSSR count). The molecule has 0 saturated heterocycles. The van der Waals surface area contributed by atoms with Crippen LogP contribution in [-0.4, -0.2) is 0 Å². The summed E-state index contributed by atoms with van der Waals surface area (Å²) in [6, 6.07) is 31.6. The Morgan fingerprint density at radius 2 is 1.20 bits per heavy atom. The highest BCUT2D eigenvalue weighted by molar-refractivity contribution is 7.22. The Hall–Kier alpha value is -3.38. The van der Waals surface area contributed by atoms with Crippen molar-refractivity contribution >= 4 is 53.6 Å². The van der Waals surface area contributed by atoms with Crippen LogP contribution in [-0.2, 0) is 6.42 Å². The van der Waals surface area contributed by atoms with Crippen molar-refractivity contribution in [3.05, 3.63) is 106 Å². The Balaban J connectivity index is 1.17. The van der Waals surface area contributed by atoms with Gasteiger partial charge in [0.15, 0.2) is 0 Å². The first-order valence-corrected chi connectivity index (χ1v) is 16.9. The predicted molar refractivity (Wildman–Crippen MR) is 184 cm³/mol. The van der Waals surface area contributed by atoms with Crippen LogP contribution in [0.25, 0.3) is 41.4 Å². The zero-order chi connectivity index (χ0) is 28.0. The molecule has 0 atom stereocenters. The lowest BCUT2D eigenvalue weighted by Crippen LogP contribution is -1.86. The fraction of sp³-hybridized carbons (Fsp3) is 0.282. The summed E-state index contributed by atoms with van der Waals surface area (Å²) < 4.78 is 2.65. The van der Waals surface area contributed by atoms with Gasteiger partial charge in [0.25, 0.3) is 0 Å². The monoisotopic (exact) mass is 570 g/mol. The van der Waals surface area contributed by atoms with Gasteiger partial charge in [-0.3, -0.25) is 0 Å². The van der Waals surface area contributed by atoms with Crippen molar-refractivity contribution in [1.82, 2.24) is 0 Å². The Morgan fingerprint density at radius 1 is 0.561 bits per heavy atom. The van der Waals surface area contributed by atoms with Gasteiger partial charge < -0.3 is 0 Å². The molecule has 2 aromatic heterocycles. The van der Waals surface area contributed by atoms with Gasteiger partial charge in [-0.1, -0.05) is 118 Å². The molecule has 6 aromatic rings. The van der Waals surface area contributed by atoms with Gasteiger partial charge in [-0.05, 0) is 78.1 Å². The topological polar surface area (TPSA) is 0 Å². The van der Waals surface area contributed by atoms with Crippen LogP contribution in [0.1, 0.15) is 79.9 Å². The number of rotatable bonds is 10. The molecule has 0 N–H and O–H groups in total. The molecule has 4 aromatic carbocycles. The van der Waals surface area contributed by atoms with Crippen LogP contribution in [0.15, 0.2) is 84.9 Å². The maximum Gasteiger partial charge on any atom is 0.0785 e. The van der Waals surface area contributed by atoms with Crippen molar-refractivity contribution in [2.24, 2.45) is 0 Å². The second kappa shape index (κ2) is 13.1. The van der Waals surface area contributed by atoms with Crippen LogP contribution in [0.3, 0.4) is 0 Å². The smallest absolute Gasteiger partial charge is 0.0785 e. The number of hydrogen-bond acceptors (Lipinski definition) is 2. The minimum absolute atomic E-state index is 1.06. The number of unbranched alkanes of at least 4 members (excludes halogenated alkanes) is 7. The Morgan fingerprint density at radius 3 is 1.90 bits per heavy atom. The lowest BCUT2D eigenvalue weighted by Gasteiger charge is -2.04. The zero-order valence-corrected chi connectivity index (χ0v) is 25.9. The third-order valence-corrected chi connectivity index (χ3v) is 10.3. The average Bonchev–Trinajstić information content (AvgIpc) is 3.63. The van der Waals surface area contributed by atoms with Gasteiger partial charge in [-0.15, -0.1) is 22.7 Å². The molecule has 0 spiro atoms. The lowest BCUT2D eigenvalue weighted by atomic mass is 10.0. The second-order valence-corrected chi connectivity index (χ2v) is 13.5. The molecular weight excluding hydrogens is 533 g/mol. The van der Waals surface area contributed by atoms with Crippen molar-refractivity contribution in [1.29, 1.82) is 0 Å². The van der Waals surface area contributed by atoms with Crippen molar-refractivity contribution < 1.29 is 0 Å². The van der Waals surface area contributed by atoms with Crippen molar-refractivity contribution in [3.8, 4) is 22.3 Å². The normalized spacial score (nSPS) is 11.4. The molecule has 0 bridgehead atoms. The minimum atomic E-state index is 1.06. The molecule has 0 aliphatic rings. The summed E-state index contributed by atoms with van der Waals surface area (Å²) in [5.41, 5.74) is 5.11. The Labute approximate surface area is 253 Å². The Kier molecular flexibility index (Phi) is 8.85. The summed E-state index contributed by atoms with van der Waals surface area (Å²) in [5, 5.41) is 5.31. The highest BCUT2D eigenvalue weighted by Gasteiger charge is 2.11. The maximum absolute atomic E-state index is 3.40. The van der Waals surface area contributed by atoms with Crippen molar-refractivity contribution in [2.45, 2.75) is 71.6 Å². The summed E-state index contributed by atoms with van der Waals surface area (Å²) in [4.78, 5) is 2.47. The van der Waals surface area contributed by atoms with E-state index in [1.807, 2.05) is 11.3 Å². The first-order valence-electron chi connectivity index (χ1n) is 15.2. The molecule has 2 heteroatoms. The molecule has 0 aliphatic carbocycles. The Bertz CT molecular complexity index is 1820. The molecular formula is C39H38S2. The van der Waals surface area contributed by atoms with Gasteiger partial charge in [0.1, 0.15) is 0 Å². The van der Waals surface area contributed by atoms with Crippen molar-refractivity contribution in [2.75, 3.05) is 0 Å².